The fourth-order valence-electron chi connectivity index (χ4n) is 1.37. The highest BCUT2D eigenvalue weighted by Gasteiger charge is 2.06. The van der Waals surface area contributed by atoms with Crippen molar-refractivity contribution in [3.05, 3.63) is 38.9 Å². The van der Waals surface area contributed by atoms with Crippen LogP contribution in [-0.4, -0.2) is 21.1 Å². The Morgan fingerprint density at radius 3 is 2.81 bits per heavy atom. The zero-order chi connectivity index (χ0) is 11.7. The van der Waals surface area contributed by atoms with E-state index in [-0.39, 0.29) is 15.9 Å². The van der Waals surface area contributed by atoms with E-state index >= 15 is 0 Å². The fourth-order valence-corrected chi connectivity index (χ4v) is 1.57. The first-order chi connectivity index (χ1) is 7.61. The Hall–Kier alpha value is -1.99. The van der Waals surface area contributed by atoms with Crippen LogP contribution in [0.15, 0.2) is 23.0 Å². The number of hydrogen-bond donors (Lipinski definition) is 4. The summed E-state index contributed by atoms with van der Waals surface area (Å²) in [4.78, 5) is 27.8. The number of aromatic amines is 2. The Morgan fingerprint density at radius 1 is 1.38 bits per heavy atom. The Morgan fingerprint density at radius 2 is 2.12 bits per heavy atom. The molecule has 2 aromatic rings. The number of H-pyrrole nitrogens is 2. The van der Waals surface area contributed by atoms with E-state index in [0.29, 0.717) is 10.9 Å². The van der Waals surface area contributed by atoms with Crippen LogP contribution in [0.25, 0.3) is 10.9 Å². The van der Waals surface area contributed by atoms with E-state index in [1.807, 2.05) is 0 Å². The lowest BCUT2D eigenvalue weighted by atomic mass is 10.1. The normalized spacial score (nSPS) is 10.3. The highest BCUT2D eigenvalue weighted by molar-refractivity contribution is 7.71. The van der Waals surface area contributed by atoms with Gasteiger partial charge in [-0.3, -0.25) is 19.8 Å². The van der Waals surface area contributed by atoms with Crippen LogP contribution < -0.4 is 11.0 Å². The maximum Gasteiger partial charge on any atom is 0.274 e. The first kappa shape index (κ1) is 10.5. The van der Waals surface area contributed by atoms with Gasteiger partial charge < -0.3 is 4.98 Å². The molecule has 1 heterocycles. The standard InChI is InChI=1S/C9H7N3O3S/c13-7(12-15)4-1-2-6-5(3-4)8(14)11-9(16)10-6/h1-3,15H,(H,12,13)(H2,10,11,14,16). The van der Waals surface area contributed by atoms with E-state index in [0.717, 1.165) is 0 Å². The summed E-state index contributed by atoms with van der Waals surface area (Å²) < 4.78 is 0.219. The molecule has 0 unspecified atom stereocenters. The predicted octanol–water partition coefficient (Wildman–Crippen LogP) is 0.705. The smallest absolute Gasteiger partial charge is 0.274 e. The average Bonchev–Trinajstić information content (AvgIpc) is 2.27. The molecule has 0 spiro atoms. The molecule has 82 valence electrons. The minimum atomic E-state index is -0.677. The van der Waals surface area contributed by atoms with Crippen molar-refractivity contribution >= 4 is 29.0 Å². The van der Waals surface area contributed by atoms with E-state index in [9.17, 15) is 9.59 Å². The molecule has 4 N–H and O–H groups in total. The molecular formula is C9H7N3O3S. The van der Waals surface area contributed by atoms with E-state index < -0.39 is 5.91 Å². The lowest BCUT2D eigenvalue weighted by Crippen LogP contribution is -2.19. The Balaban J connectivity index is 2.76. The van der Waals surface area contributed by atoms with Crippen LogP contribution in [-0.2, 0) is 0 Å². The third-order valence-electron chi connectivity index (χ3n) is 2.10. The van der Waals surface area contributed by atoms with E-state index in [4.69, 9.17) is 17.4 Å². The zero-order valence-electron chi connectivity index (χ0n) is 7.90. The van der Waals surface area contributed by atoms with Gasteiger partial charge in [0.15, 0.2) is 4.77 Å². The van der Waals surface area contributed by atoms with Gasteiger partial charge in [0.1, 0.15) is 0 Å². The van der Waals surface area contributed by atoms with Crippen molar-refractivity contribution in [3.8, 4) is 0 Å². The summed E-state index contributed by atoms with van der Waals surface area (Å²) in [6.45, 7) is 0. The Labute approximate surface area is 93.9 Å². The van der Waals surface area contributed by atoms with Gasteiger partial charge >= 0.3 is 0 Å². The number of amides is 1. The molecule has 0 aliphatic rings. The Bertz CT molecular complexity index is 673. The predicted molar refractivity (Wildman–Crippen MR) is 59.0 cm³/mol. The van der Waals surface area contributed by atoms with E-state index in [1.54, 1.807) is 6.07 Å². The summed E-state index contributed by atoms with van der Waals surface area (Å²) in [5.74, 6) is -0.677. The SMILES string of the molecule is O=C(NO)c1ccc2[nH]c(=S)[nH]c(=O)c2c1. The van der Waals surface area contributed by atoms with Gasteiger partial charge in [0, 0.05) is 5.56 Å². The molecule has 0 fully saturated rings. The van der Waals surface area contributed by atoms with Crippen LogP contribution in [0, 0.1) is 4.77 Å². The summed E-state index contributed by atoms with van der Waals surface area (Å²) in [7, 11) is 0. The van der Waals surface area contributed by atoms with Gasteiger partial charge in [0.2, 0.25) is 0 Å². The summed E-state index contributed by atoms with van der Waals surface area (Å²) in [5.41, 5.74) is 1.83. The monoisotopic (exact) mass is 237 g/mol. The number of aromatic nitrogens is 2. The summed E-state index contributed by atoms with van der Waals surface area (Å²) >= 11 is 4.80. The summed E-state index contributed by atoms with van der Waals surface area (Å²) in [6.07, 6.45) is 0. The molecule has 0 radical (unpaired) electrons. The Kier molecular flexibility index (Phi) is 2.55. The highest BCUT2D eigenvalue weighted by atomic mass is 32.1. The number of carbonyl (C=O) groups is 1. The maximum atomic E-state index is 11.5. The number of fused-ring (bicyclic) bond motifs is 1. The molecule has 1 amide bonds. The minimum absolute atomic E-state index is 0.186. The summed E-state index contributed by atoms with van der Waals surface area (Å²) in [6, 6.07) is 4.38. The quantitative estimate of drug-likeness (QED) is 0.333. The van der Waals surface area contributed by atoms with Gasteiger partial charge in [-0.1, -0.05) is 0 Å². The maximum absolute atomic E-state index is 11.5. The number of hydroxylamine groups is 1. The number of benzene rings is 1. The molecule has 2 rings (SSSR count). The topological polar surface area (TPSA) is 98.0 Å². The second-order valence-electron chi connectivity index (χ2n) is 3.11. The first-order valence-corrected chi connectivity index (χ1v) is 4.73. The number of rotatable bonds is 1. The molecule has 0 saturated carbocycles. The second kappa shape index (κ2) is 3.87. The third-order valence-corrected chi connectivity index (χ3v) is 2.31. The van der Waals surface area contributed by atoms with Gasteiger partial charge in [-0.15, -0.1) is 0 Å². The van der Waals surface area contributed by atoms with Crippen molar-refractivity contribution in [2.75, 3.05) is 0 Å². The van der Waals surface area contributed by atoms with Gasteiger partial charge in [0.25, 0.3) is 11.5 Å². The molecule has 16 heavy (non-hydrogen) atoms. The molecular weight excluding hydrogens is 230 g/mol. The van der Waals surface area contributed by atoms with Crippen molar-refractivity contribution in [2.45, 2.75) is 0 Å². The van der Waals surface area contributed by atoms with E-state index in [2.05, 4.69) is 9.97 Å². The van der Waals surface area contributed by atoms with Crippen molar-refractivity contribution in [1.82, 2.24) is 15.4 Å². The zero-order valence-corrected chi connectivity index (χ0v) is 8.72. The average molecular weight is 237 g/mol. The van der Waals surface area contributed by atoms with Crippen molar-refractivity contribution in [3.63, 3.8) is 0 Å². The highest BCUT2D eigenvalue weighted by Crippen LogP contribution is 2.09. The van der Waals surface area contributed by atoms with Crippen molar-refractivity contribution < 1.29 is 10.0 Å². The molecule has 0 aliphatic heterocycles. The third kappa shape index (κ3) is 1.73. The number of nitrogens with one attached hydrogen (secondary N) is 3. The van der Waals surface area contributed by atoms with Crippen molar-refractivity contribution in [2.24, 2.45) is 0 Å². The second-order valence-corrected chi connectivity index (χ2v) is 3.52. The van der Waals surface area contributed by atoms with Crippen LogP contribution in [0.4, 0.5) is 0 Å². The van der Waals surface area contributed by atoms with Crippen LogP contribution in [0.3, 0.4) is 0 Å². The van der Waals surface area contributed by atoms with Crippen molar-refractivity contribution in [1.29, 1.82) is 0 Å². The number of hydrogen-bond acceptors (Lipinski definition) is 4. The lowest BCUT2D eigenvalue weighted by molar-refractivity contribution is 0.0706. The molecule has 0 atom stereocenters. The van der Waals surface area contributed by atoms with Gasteiger partial charge in [-0.25, -0.2) is 5.48 Å². The largest absolute Gasteiger partial charge is 0.332 e. The van der Waals surface area contributed by atoms with Gasteiger partial charge in [-0.2, -0.15) is 0 Å². The lowest BCUT2D eigenvalue weighted by Gasteiger charge is -2.01. The van der Waals surface area contributed by atoms with Gasteiger partial charge in [0.05, 0.1) is 10.9 Å². The molecule has 0 bridgehead atoms. The summed E-state index contributed by atoms with van der Waals surface area (Å²) in [5, 5.41) is 8.76. The molecule has 0 saturated heterocycles. The van der Waals surface area contributed by atoms with Gasteiger partial charge in [-0.05, 0) is 30.4 Å². The molecule has 7 heteroatoms. The van der Waals surface area contributed by atoms with Crippen LogP contribution in [0.2, 0.25) is 0 Å². The van der Waals surface area contributed by atoms with Crippen LogP contribution in [0.1, 0.15) is 10.4 Å². The molecule has 6 nitrogen and oxygen atoms in total. The molecule has 1 aromatic heterocycles. The molecule has 1 aromatic carbocycles. The number of carbonyl (C=O) groups excluding carboxylic acids is 1. The van der Waals surface area contributed by atoms with Crippen LogP contribution >= 0.6 is 12.2 Å². The van der Waals surface area contributed by atoms with Crippen LogP contribution in [0.5, 0.6) is 0 Å². The first-order valence-electron chi connectivity index (χ1n) is 4.32. The molecule has 0 aliphatic carbocycles. The minimum Gasteiger partial charge on any atom is -0.332 e. The van der Waals surface area contributed by atoms with E-state index in [1.165, 1.54) is 17.6 Å². The fraction of sp³-hybridized carbons (Fsp3) is 0.